The third-order valence-electron chi connectivity index (χ3n) is 3.83. The maximum absolute atomic E-state index is 11.2. The van der Waals surface area contributed by atoms with E-state index in [1.807, 2.05) is 6.07 Å². The molecule has 0 amide bonds. The molecule has 1 aromatic rings. The normalized spacial score (nSPS) is 19.8. The number of nitrogens with one attached hydrogen (secondary N) is 1. The van der Waals surface area contributed by atoms with E-state index in [-0.39, 0.29) is 12.4 Å². The number of aliphatic hydroxyl groups is 1. The fraction of sp³-hybridized carbons (Fsp3) is 0.600. The Kier molecular flexibility index (Phi) is 5.49. The zero-order valence-corrected chi connectivity index (χ0v) is 12.0. The number of carbonyl (C=O) groups is 1. The van der Waals surface area contributed by atoms with E-state index in [2.05, 4.69) is 15.2 Å². The van der Waals surface area contributed by atoms with E-state index < -0.39 is 0 Å². The fourth-order valence-corrected chi connectivity index (χ4v) is 2.60. The number of likely N-dealkylation sites (tertiary alicyclic amines) is 1. The van der Waals surface area contributed by atoms with Gasteiger partial charge in [0.1, 0.15) is 5.82 Å². The number of nitrogens with zero attached hydrogens (tertiary/aromatic N) is 2. The Morgan fingerprint density at radius 1 is 1.50 bits per heavy atom. The summed E-state index contributed by atoms with van der Waals surface area (Å²) in [5.41, 5.74) is 0.631. The highest BCUT2D eigenvalue weighted by Gasteiger charge is 2.20. The SMILES string of the molecule is CC(=O)c1ccc(NCCN2CCCCC2CO)nc1. The lowest BCUT2D eigenvalue weighted by Gasteiger charge is -2.34. The summed E-state index contributed by atoms with van der Waals surface area (Å²) < 4.78 is 0. The highest BCUT2D eigenvalue weighted by Crippen LogP contribution is 2.16. The molecule has 1 unspecified atom stereocenters. The molecule has 5 nitrogen and oxygen atoms in total. The smallest absolute Gasteiger partial charge is 0.161 e. The Morgan fingerprint density at radius 3 is 3.00 bits per heavy atom. The molecule has 0 bridgehead atoms. The first-order valence-corrected chi connectivity index (χ1v) is 7.26. The van der Waals surface area contributed by atoms with Crippen molar-refractivity contribution in [3.8, 4) is 0 Å². The van der Waals surface area contributed by atoms with Crippen LogP contribution >= 0.6 is 0 Å². The van der Waals surface area contributed by atoms with E-state index in [4.69, 9.17) is 0 Å². The average Bonchev–Trinajstić information content (AvgIpc) is 2.48. The van der Waals surface area contributed by atoms with Crippen LogP contribution in [0.4, 0.5) is 5.82 Å². The average molecular weight is 277 g/mol. The van der Waals surface area contributed by atoms with Gasteiger partial charge in [0, 0.05) is 30.9 Å². The minimum absolute atomic E-state index is 0.0307. The van der Waals surface area contributed by atoms with Gasteiger partial charge in [-0.3, -0.25) is 9.69 Å². The molecule has 2 N–H and O–H groups in total. The minimum atomic E-state index is 0.0307. The lowest BCUT2D eigenvalue weighted by Crippen LogP contribution is -2.44. The van der Waals surface area contributed by atoms with Gasteiger partial charge in [0.2, 0.25) is 0 Å². The summed E-state index contributed by atoms with van der Waals surface area (Å²) >= 11 is 0. The third-order valence-corrected chi connectivity index (χ3v) is 3.83. The van der Waals surface area contributed by atoms with Crippen LogP contribution in [0.15, 0.2) is 18.3 Å². The van der Waals surface area contributed by atoms with Gasteiger partial charge in [-0.15, -0.1) is 0 Å². The van der Waals surface area contributed by atoms with Gasteiger partial charge in [0.05, 0.1) is 6.61 Å². The highest BCUT2D eigenvalue weighted by molar-refractivity contribution is 5.93. The lowest BCUT2D eigenvalue weighted by atomic mass is 10.0. The molecule has 110 valence electrons. The molecule has 1 aliphatic rings. The van der Waals surface area contributed by atoms with E-state index in [9.17, 15) is 9.90 Å². The molecular formula is C15H23N3O2. The number of aliphatic hydroxyl groups excluding tert-OH is 1. The maximum atomic E-state index is 11.2. The van der Waals surface area contributed by atoms with Crippen molar-refractivity contribution >= 4 is 11.6 Å². The monoisotopic (exact) mass is 277 g/mol. The maximum Gasteiger partial charge on any atom is 0.161 e. The summed E-state index contributed by atoms with van der Waals surface area (Å²) in [5, 5.41) is 12.6. The number of piperidine rings is 1. The number of anilines is 1. The number of hydrogen-bond acceptors (Lipinski definition) is 5. The van der Waals surface area contributed by atoms with Gasteiger partial charge >= 0.3 is 0 Å². The standard InChI is InChI=1S/C15H23N3O2/c1-12(20)13-5-6-15(17-10-13)16-7-9-18-8-3-2-4-14(18)11-19/h5-6,10,14,19H,2-4,7-9,11H2,1H3,(H,16,17). The predicted molar refractivity (Wildman–Crippen MR) is 79.0 cm³/mol. The van der Waals surface area contributed by atoms with Crippen molar-refractivity contribution in [3.63, 3.8) is 0 Å². The molecular weight excluding hydrogens is 254 g/mol. The number of pyridine rings is 1. The van der Waals surface area contributed by atoms with Crippen molar-refractivity contribution < 1.29 is 9.90 Å². The molecule has 0 radical (unpaired) electrons. The van der Waals surface area contributed by atoms with Crippen LogP contribution in [0.5, 0.6) is 0 Å². The van der Waals surface area contributed by atoms with E-state index >= 15 is 0 Å². The van der Waals surface area contributed by atoms with Gasteiger partial charge in [-0.1, -0.05) is 6.42 Å². The molecule has 1 atom stereocenters. The highest BCUT2D eigenvalue weighted by atomic mass is 16.3. The van der Waals surface area contributed by atoms with E-state index in [1.54, 1.807) is 12.3 Å². The van der Waals surface area contributed by atoms with Crippen molar-refractivity contribution in [1.82, 2.24) is 9.88 Å². The largest absolute Gasteiger partial charge is 0.395 e. The Labute approximate surface area is 120 Å². The van der Waals surface area contributed by atoms with Crippen molar-refractivity contribution in [2.45, 2.75) is 32.2 Å². The number of carbonyl (C=O) groups excluding carboxylic acids is 1. The molecule has 20 heavy (non-hydrogen) atoms. The number of aromatic nitrogens is 1. The lowest BCUT2D eigenvalue weighted by molar-refractivity contribution is 0.0940. The summed E-state index contributed by atoms with van der Waals surface area (Å²) in [6.45, 7) is 4.54. The van der Waals surface area contributed by atoms with Crippen LogP contribution in [0.1, 0.15) is 36.5 Å². The van der Waals surface area contributed by atoms with Crippen molar-refractivity contribution in [3.05, 3.63) is 23.9 Å². The minimum Gasteiger partial charge on any atom is -0.395 e. The van der Waals surface area contributed by atoms with Crippen molar-refractivity contribution in [1.29, 1.82) is 0 Å². The van der Waals surface area contributed by atoms with Gasteiger partial charge in [0.25, 0.3) is 0 Å². The summed E-state index contributed by atoms with van der Waals surface area (Å²) in [7, 11) is 0. The number of Topliss-reactive ketones (excluding diaryl/α,β-unsaturated/α-hetero) is 1. The second-order valence-electron chi connectivity index (χ2n) is 5.28. The molecule has 2 rings (SSSR count). The van der Waals surface area contributed by atoms with Gasteiger partial charge in [-0.25, -0.2) is 4.98 Å². The van der Waals surface area contributed by atoms with Crippen molar-refractivity contribution in [2.75, 3.05) is 31.6 Å². The first kappa shape index (κ1) is 14.9. The molecule has 1 fully saturated rings. The quantitative estimate of drug-likeness (QED) is 0.772. The first-order chi connectivity index (χ1) is 9.70. The predicted octanol–water partition coefficient (Wildman–Crippen LogP) is 1.54. The molecule has 1 saturated heterocycles. The Bertz CT molecular complexity index is 433. The van der Waals surface area contributed by atoms with Crippen LogP contribution < -0.4 is 5.32 Å². The fourth-order valence-electron chi connectivity index (χ4n) is 2.60. The van der Waals surface area contributed by atoms with E-state index in [0.29, 0.717) is 11.6 Å². The molecule has 0 aliphatic carbocycles. The molecule has 1 aromatic heterocycles. The first-order valence-electron chi connectivity index (χ1n) is 7.26. The van der Waals surface area contributed by atoms with Gasteiger partial charge in [0.15, 0.2) is 5.78 Å². The van der Waals surface area contributed by atoms with Crippen LogP contribution in [0.2, 0.25) is 0 Å². The van der Waals surface area contributed by atoms with Crippen LogP contribution in [0, 0.1) is 0 Å². The van der Waals surface area contributed by atoms with Crippen LogP contribution in [-0.2, 0) is 0 Å². The third kappa shape index (κ3) is 4.02. The summed E-state index contributed by atoms with van der Waals surface area (Å²) in [6, 6.07) is 3.92. The topological polar surface area (TPSA) is 65.5 Å². The van der Waals surface area contributed by atoms with E-state index in [0.717, 1.165) is 31.9 Å². The Balaban J connectivity index is 1.78. The molecule has 2 heterocycles. The van der Waals surface area contributed by atoms with Crippen molar-refractivity contribution in [2.24, 2.45) is 0 Å². The summed E-state index contributed by atoms with van der Waals surface area (Å²) in [4.78, 5) is 17.7. The molecule has 0 saturated carbocycles. The number of ketones is 1. The van der Waals surface area contributed by atoms with Gasteiger partial charge < -0.3 is 10.4 Å². The number of rotatable bonds is 6. The van der Waals surface area contributed by atoms with Crippen LogP contribution in [-0.4, -0.2) is 53.1 Å². The second kappa shape index (κ2) is 7.36. The molecule has 0 spiro atoms. The molecule has 0 aromatic carbocycles. The summed E-state index contributed by atoms with van der Waals surface area (Å²) in [5.74, 6) is 0.815. The Morgan fingerprint density at radius 2 is 2.35 bits per heavy atom. The molecule has 1 aliphatic heterocycles. The summed E-state index contributed by atoms with van der Waals surface area (Å²) in [6.07, 6.45) is 5.11. The van der Waals surface area contributed by atoms with Gasteiger partial charge in [-0.05, 0) is 38.4 Å². The van der Waals surface area contributed by atoms with Crippen LogP contribution in [0.25, 0.3) is 0 Å². The zero-order chi connectivity index (χ0) is 14.4. The van der Waals surface area contributed by atoms with Crippen LogP contribution in [0.3, 0.4) is 0 Å². The van der Waals surface area contributed by atoms with Gasteiger partial charge in [-0.2, -0.15) is 0 Å². The zero-order valence-electron chi connectivity index (χ0n) is 12.0. The second-order valence-corrected chi connectivity index (χ2v) is 5.28. The Hall–Kier alpha value is -1.46. The van der Waals surface area contributed by atoms with E-state index in [1.165, 1.54) is 19.8 Å². The molecule has 5 heteroatoms. The number of hydrogen-bond donors (Lipinski definition) is 2.